The molecule has 1 aromatic rings. The lowest BCUT2D eigenvalue weighted by atomic mass is 10.0. The van der Waals surface area contributed by atoms with Crippen LogP contribution in [-0.2, 0) is 0 Å². The van der Waals surface area contributed by atoms with Gasteiger partial charge >= 0.3 is 0 Å². The first-order chi connectivity index (χ1) is 10.1. The molecule has 0 saturated carbocycles. The topological polar surface area (TPSA) is 52.6 Å². The molecule has 0 unspecified atom stereocenters. The van der Waals surface area contributed by atoms with E-state index in [9.17, 15) is 9.18 Å². The summed E-state index contributed by atoms with van der Waals surface area (Å²) in [5, 5.41) is 12.0. The first-order valence-electron chi connectivity index (χ1n) is 7.11. The number of halogens is 1. The molecule has 0 radical (unpaired) electrons. The molecule has 1 aliphatic heterocycles. The Kier molecular flexibility index (Phi) is 5.87. The highest BCUT2D eigenvalue weighted by molar-refractivity contribution is 7.98. The van der Waals surface area contributed by atoms with E-state index >= 15 is 0 Å². The summed E-state index contributed by atoms with van der Waals surface area (Å²) in [7, 11) is 0. The number of phenolic OH excluding ortho intramolecular Hbond substituents is 1. The number of piperidine rings is 1. The van der Waals surface area contributed by atoms with E-state index in [1.807, 2.05) is 11.8 Å². The zero-order chi connectivity index (χ0) is 15.2. The summed E-state index contributed by atoms with van der Waals surface area (Å²) in [5.74, 6) is -0.151. The number of nitrogens with one attached hydrogen (secondary N) is 1. The van der Waals surface area contributed by atoms with Gasteiger partial charge in [0.25, 0.3) is 5.91 Å². The highest BCUT2D eigenvalue weighted by atomic mass is 32.2. The fourth-order valence-electron chi connectivity index (χ4n) is 2.47. The van der Waals surface area contributed by atoms with Crippen molar-refractivity contribution in [2.24, 2.45) is 0 Å². The molecule has 1 amide bonds. The molecule has 1 fully saturated rings. The Labute approximate surface area is 128 Å². The minimum Gasteiger partial charge on any atom is -0.508 e. The Morgan fingerprint density at radius 2 is 2.19 bits per heavy atom. The molecule has 2 rings (SSSR count). The molecule has 0 spiro atoms. The van der Waals surface area contributed by atoms with Gasteiger partial charge in [-0.15, -0.1) is 0 Å². The number of aromatic hydroxyl groups is 1. The van der Waals surface area contributed by atoms with Crippen molar-refractivity contribution in [1.82, 2.24) is 10.2 Å². The molecule has 0 bridgehead atoms. The van der Waals surface area contributed by atoms with Crippen LogP contribution in [0, 0.1) is 5.82 Å². The number of benzene rings is 1. The van der Waals surface area contributed by atoms with Crippen LogP contribution in [0.1, 0.15) is 23.2 Å². The van der Waals surface area contributed by atoms with Crippen LogP contribution >= 0.6 is 11.8 Å². The van der Waals surface area contributed by atoms with Crippen molar-refractivity contribution in [1.29, 1.82) is 0 Å². The molecular formula is C15H21FN2O2S. The van der Waals surface area contributed by atoms with Crippen LogP contribution in [0.4, 0.5) is 4.39 Å². The van der Waals surface area contributed by atoms with Gasteiger partial charge in [0.05, 0.1) is 5.56 Å². The highest BCUT2D eigenvalue weighted by Crippen LogP contribution is 2.16. The number of hydrogen-bond acceptors (Lipinski definition) is 4. The average molecular weight is 312 g/mol. The zero-order valence-corrected chi connectivity index (χ0v) is 13.0. The lowest BCUT2D eigenvalue weighted by molar-refractivity contribution is 0.0909. The Morgan fingerprint density at radius 1 is 1.48 bits per heavy atom. The molecular weight excluding hydrogens is 291 g/mol. The number of likely N-dealkylation sites (tertiary alicyclic amines) is 1. The third-order valence-electron chi connectivity index (χ3n) is 3.73. The molecule has 6 heteroatoms. The Hall–Kier alpha value is -1.27. The predicted molar refractivity (Wildman–Crippen MR) is 83.4 cm³/mol. The van der Waals surface area contributed by atoms with Gasteiger partial charge in [-0.05, 0) is 31.2 Å². The number of rotatable bonds is 5. The standard InChI is InChI=1S/C15H21FN2O2S/c1-21-9-8-18-6-4-11(5-7-18)17-15(20)13-3-2-12(19)10-14(13)16/h2-3,10-11,19H,4-9H2,1H3,(H,17,20). The van der Waals surface area contributed by atoms with Crippen molar-refractivity contribution >= 4 is 17.7 Å². The molecule has 1 saturated heterocycles. The van der Waals surface area contributed by atoms with Gasteiger partial charge in [-0.2, -0.15) is 11.8 Å². The molecule has 2 N–H and O–H groups in total. The number of phenols is 1. The van der Waals surface area contributed by atoms with E-state index in [4.69, 9.17) is 5.11 Å². The van der Waals surface area contributed by atoms with Gasteiger partial charge in [-0.1, -0.05) is 0 Å². The predicted octanol–water partition coefficient (Wildman–Crippen LogP) is 2.09. The quantitative estimate of drug-likeness (QED) is 0.874. The molecule has 21 heavy (non-hydrogen) atoms. The fraction of sp³-hybridized carbons (Fsp3) is 0.533. The largest absolute Gasteiger partial charge is 0.508 e. The van der Waals surface area contributed by atoms with Crippen molar-refractivity contribution < 1.29 is 14.3 Å². The normalized spacial score (nSPS) is 16.9. The molecule has 4 nitrogen and oxygen atoms in total. The van der Waals surface area contributed by atoms with Gasteiger partial charge in [0.2, 0.25) is 0 Å². The van der Waals surface area contributed by atoms with E-state index < -0.39 is 11.7 Å². The van der Waals surface area contributed by atoms with E-state index in [2.05, 4.69) is 16.5 Å². The number of amides is 1. The van der Waals surface area contributed by atoms with Gasteiger partial charge in [0, 0.05) is 37.5 Å². The first-order valence-corrected chi connectivity index (χ1v) is 8.50. The fourth-order valence-corrected chi connectivity index (χ4v) is 2.91. The summed E-state index contributed by atoms with van der Waals surface area (Å²) in [6.45, 7) is 3.00. The first kappa shape index (κ1) is 16.1. The van der Waals surface area contributed by atoms with Crippen LogP contribution in [0.15, 0.2) is 18.2 Å². The third kappa shape index (κ3) is 4.61. The summed E-state index contributed by atoms with van der Waals surface area (Å²) >= 11 is 1.83. The van der Waals surface area contributed by atoms with Crippen LogP contribution in [0.3, 0.4) is 0 Å². The maximum atomic E-state index is 13.6. The summed E-state index contributed by atoms with van der Waals surface area (Å²) in [5.41, 5.74) is -0.0161. The lowest BCUT2D eigenvalue weighted by Gasteiger charge is -2.32. The Balaban J connectivity index is 1.84. The summed E-state index contributed by atoms with van der Waals surface area (Å²) < 4.78 is 13.6. The Morgan fingerprint density at radius 3 is 2.81 bits per heavy atom. The number of thioether (sulfide) groups is 1. The summed E-state index contributed by atoms with van der Waals surface area (Å²) in [4.78, 5) is 14.4. The average Bonchev–Trinajstić information content (AvgIpc) is 2.46. The van der Waals surface area contributed by atoms with Crippen LogP contribution in [0.2, 0.25) is 0 Å². The van der Waals surface area contributed by atoms with Crippen molar-refractivity contribution in [2.45, 2.75) is 18.9 Å². The van der Waals surface area contributed by atoms with Gasteiger partial charge in [-0.25, -0.2) is 4.39 Å². The monoisotopic (exact) mass is 312 g/mol. The molecule has 0 aliphatic carbocycles. The van der Waals surface area contributed by atoms with E-state index in [1.165, 1.54) is 12.1 Å². The summed E-state index contributed by atoms with van der Waals surface area (Å²) in [6, 6.07) is 3.69. The SMILES string of the molecule is CSCCN1CCC(NC(=O)c2ccc(O)cc2F)CC1. The van der Waals surface area contributed by atoms with Crippen LogP contribution in [0.25, 0.3) is 0 Å². The van der Waals surface area contributed by atoms with E-state index in [-0.39, 0.29) is 17.4 Å². The molecule has 1 aliphatic rings. The van der Waals surface area contributed by atoms with Crippen molar-refractivity contribution in [3.8, 4) is 5.75 Å². The second-order valence-corrected chi connectivity index (χ2v) is 6.23. The maximum Gasteiger partial charge on any atom is 0.254 e. The van der Waals surface area contributed by atoms with Crippen LogP contribution in [-0.4, -0.2) is 53.6 Å². The van der Waals surface area contributed by atoms with Gasteiger partial charge < -0.3 is 15.3 Å². The van der Waals surface area contributed by atoms with E-state index in [0.717, 1.165) is 44.3 Å². The van der Waals surface area contributed by atoms with E-state index in [1.54, 1.807) is 0 Å². The maximum absolute atomic E-state index is 13.6. The van der Waals surface area contributed by atoms with Crippen LogP contribution < -0.4 is 5.32 Å². The Bertz CT molecular complexity index is 491. The number of carbonyl (C=O) groups is 1. The molecule has 1 heterocycles. The lowest BCUT2D eigenvalue weighted by Crippen LogP contribution is -2.45. The molecule has 0 aromatic heterocycles. The summed E-state index contributed by atoms with van der Waals surface area (Å²) in [6.07, 6.45) is 3.87. The second kappa shape index (κ2) is 7.66. The second-order valence-electron chi connectivity index (χ2n) is 5.25. The highest BCUT2D eigenvalue weighted by Gasteiger charge is 2.22. The van der Waals surface area contributed by atoms with Crippen LogP contribution in [0.5, 0.6) is 5.75 Å². The van der Waals surface area contributed by atoms with Gasteiger partial charge in [-0.3, -0.25) is 4.79 Å². The van der Waals surface area contributed by atoms with E-state index in [0.29, 0.717) is 0 Å². The molecule has 116 valence electrons. The van der Waals surface area contributed by atoms with Gasteiger partial charge in [0.1, 0.15) is 11.6 Å². The number of carbonyl (C=O) groups excluding carboxylic acids is 1. The zero-order valence-electron chi connectivity index (χ0n) is 12.1. The van der Waals surface area contributed by atoms with Crippen molar-refractivity contribution in [3.05, 3.63) is 29.6 Å². The number of hydrogen-bond donors (Lipinski definition) is 2. The smallest absolute Gasteiger partial charge is 0.254 e. The van der Waals surface area contributed by atoms with Crippen molar-refractivity contribution in [3.63, 3.8) is 0 Å². The minimum absolute atomic E-state index is 0.0161. The third-order valence-corrected chi connectivity index (χ3v) is 4.32. The van der Waals surface area contributed by atoms with Gasteiger partial charge in [0.15, 0.2) is 0 Å². The minimum atomic E-state index is -0.690. The van der Waals surface area contributed by atoms with Crippen molar-refractivity contribution in [2.75, 3.05) is 31.6 Å². The number of nitrogens with zero attached hydrogens (tertiary/aromatic N) is 1. The molecule has 0 atom stereocenters. The molecule has 1 aromatic carbocycles.